The smallest absolute Gasteiger partial charge is 0.657 e. The van der Waals surface area contributed by atoms with Crippen LogP contribution in [0.25, 0.3) is 5.32 Å². The van der Waals surface area contributed by atoms with Crippen molar-refractivity contribution >= 4 is 0 Å². The van der Waals surface area contributed by atoms with Crippen molar-refractivity contribution in [2.45, 2.75) is 175 Å². The molecule has 4 atom stereocenters. The summed E-state index contributed by atoms with van der Waals surface area (Å²) in [4.78, 5) is 2.21. The number of nitrogens with zero attached hydrogens (tertiary/aromatic N) is 2. The zero-order valence-electron chi connectivity index (χ0n) is 36.2. The Morgan fingerprint density at radius 1 is 0.771 bits per heavy atom. The number of aryl methyl sites for hydroxylation is 1. The summed E-state index contributed by atoms with van der Waals surface area (Å²) < 4.78 is 5.69. The number of hydrogen-bond acceptors (Lipinski definition) is 4. The molecule has 1 aliphatic heterocycles. The van der Waals surface area contributed by atoms with E-state index < -0.39 is 0 Å². The van der Waals surface area contributed by atoms with Gasteiger partial charge in [-0.3, -0.25) is 0 Å². The number of aliphatic hydroxyl groups is 2. The molecule has 1 heterocycles. The number of aliphatic hydroxyl groups excluding tert-OH is 2. The van der Waals surface area contributed by atoms with Gasteiger partial charge in [-0.2, -0.15) is 0 Å². The van der Waals surface area contributed by atoms with Crippen LogP contribution in [0.2, 0.25) is 0 Å². The van der Waals surface area contributed by atoms with E-state index in [0.29, 0.717) is 36.6 Å². The van der Waals surface area contributed by atoms with E-state index >= 15 is 0 Å². The number of likely N-dealkylation sites (tertiary alicyclic amines) is 1. The van der Waals surface area contributed by atoms with Crippen LogP contribution in [0.3, 0.4) is 0 Å². The summed E-state index contributed by atoms with van der Waals surface area (Å²) in [7, 11) is 2.06. The van der Waals surface area contributed by atoms with E-state index in [0.717, 1.165) is 49.0 Å². The molecule has 0 amide bonds. The molecule has 2 rings (SSSR count). The van der Waals surface area contributed by atoms with Crippen molar-refractivity contribution in [3.8, 4) is 5.75 Å². The van der Waals surface area contributed by atoms with Crippen molar-refractivity contribution in [2.24, 2.45) is 35.5 Å². The van der Waals surface area contributed by atoms with Crippen LogP contribution in [0.1, 0.15) is 149 Å². The molecule has 48 heavy (non-hydrogen) atoms. The quantitative estimate of drug-likeness (QED) is 0.231. The van der Waals surface area contributed by atoms with Crippen LogP contribution in [0.5, 0.6) is 5.75 Å². The fourth-order valence-electron chi connectivity index (χ4n) is 2.89. The standard InChI is InChI=1S/C12H18O.C7H16N.C6H13NO.2C6H14.C5H12O.Li/c1-4-10(2)9-13-12-8-6-5-7-11(12)3;1-5-7(4)8-6(2)3;1-7-4-2-3-6(7)5-8;2*1-5(2)6(3)4;1-4(2)5(3)6;/h5-8,10H,4,9H2,1-3H3;6-7H,5H2,1-4H3;6,8H,2-5H2,1H3;2*5-6H,1-4H3;4-6H,1-3H3;/q;-1;;;;;+1/t10-;7-;6-;;;5-;/m010..1./s1. The number of hydrogen-bond donors (Lipinski definition) is 2. The first-order chi connectivity index (χ1) is 21.7. The van der Waals surface area contributed by atoms with Crippen LogP contribution >= 0.6 is 0 Å². The molecule has 0 unspecified atom stereocenters. The number of benzene rings is 1. The first-order valence-corrected chi connectivity index (χ1v) is 19.0. The van der Waals surface area contributed by atoms with Crippen molar-refractivity contribution < 1.29 is 33.8 Å². The number of likely N-dealkylation sites (N-methyl/N-ethyl adjacent to an activating group) is 1. The average molecular weight is 675 g/mol. The molecule has 1 fully saturated rings. The molecule has 0 spiro atoms. The molecule has 0 aromatic heterocycles. The van der Waals surface area contributed by atoms with Gasteiger partial charge in [-0.05, 0) is 87.4 Å². The molecule has 0 radical (unpaired) electrons. The Bertz CT molecular complexity index is 722. The molecule has 0 aliphatic carbocycles. The van der Waals surface area contributed by atoms with Crippen molar-refractivity contribution in [1.82, 2.24) is 4.90 Å². The minimum absolute atomic E-state index is 0. The van der Waals surface area contributed by atoms with Crippen molar-refractivity contribution in [3.63, 3.8) is 0 Å². The van der Waals surface area contributed by atoms with Gasteiger partial charge in [0.1, 0.15) is 5.75 Å². The average Bonchev–Trinajstić information content (AvgIpc) is 3.42. The van der Waals surface area contributed by atoms with Crippen LogP contribution in [0, 0.1) is 42.4 Å². The Hall–Kier alpha value is -0.543. The first-order valence-electron chi connectivity index (χ1n) is 19.0. The number of rotatable bonds is 11. The largest absolute Gasteiger partial charge is 1.00 e. The summed E-state index contributed by atoms with van der Waals surface area (Å²) in [5, 5.41) is 21.7. The molecule has 0 saturated carbocycles. The van der Waals surface area contributed by atoms with Gasteiger partial charge < -0.3 is 25.2 Å². The van der Waals surface area contributed by atoms with E-state index in [4.69, 9.17) is 14.9 Å². The maximum atomic E-state index is 8.69. The second kappa shape index (κ2) is 36.3. The SMILES string of the molecule is CC(C)C(C)C.CC(C)C(C)C.CC(C)[C@@H](C)O.CC[C@@H](C)[N-]C(C)C.CC[C@H](C)COc1ccccc1C.CN1CCC[C@H]1CO.[Li+]. The Morgan fingerprint density at radius 2 is 1.21 bits per heavy atom. The molecule has 2 N–H and O–H groups in total. The third-order valence-electron chi connectivity index (χ3n) is 8.97. The van der Waals surface area contributed by atoms with Gasteiger partial charge in [0.05, 0.1) is 19.3 Å². The van der Waals surface area contributed by atoms with Crippen LogP contribution in [0.15, 0.2) is 24.3 Å². The van der Waals surface area contributed by atoms with Crippen LogP contribution in [0.4, 0.5) is 0 Å². The molecule has 1 aromatic carbocycles. The summed E-state index contributed by atoms with van der Waals surface area (Å²) >= 11 is 0. The topological polar surface area (TPSA) is 67.0 Å². The van der Waals surface area contributed by atoms with Crippen LogP contribution in [-0.2, 0) is 0 Å². The zero-order chi connectivity index (χ0) is 37.7. The van der Waals surface area contributed by atoms with Crippen molar-refractivity contribution in [3.05, 3.63) is 35.1 Å². The first kappa shape index (κ1) is 56.8. The van der Waals surface area contributed by atoms with Crippen molar-refractivity contribution in [1.29, 1.82) is 0 Å². The van der Waals surface area contributed by atoms with Gasteiger partial charge in [-0.15, -0.1) is 12.1 Å². The second-order valence-electron chi connectivity index (χ2n) is 15.5. The Kier molecular flexibility index (Phi) is 42.9. The molecule has 1 aromatic rings. The predicted molar refractivity (Wildman–Crippen MR) is 213 cm³/mol. The summed E-state index contributed by atoms with van der Waals surface area (Å²) in [5.74, 6) is 5.47. The molecule has 1 aliphatic rings. The summed E-state index contributed by atoms with van der Waals surface area (Å²) in [6, 6.07) is 9.66. The van der Waals surface area contributed by atoms with E-state index in [1.165, 1.54) is 24.8 Å². The minimum atomic E-state index is -0.148. The molecule has 6 heteroatoms. The Balaban J connectivity index is -0.000000158. The molecular weight excluding hydrogens is 587 g/mol. The Labute approximate surface area is 315 Å². The monoisotopic (exact) mass is 675 g/mol. The Morgan fingerprint density at radius 3 is 1.44 bits per heavy atom. The maximum Gasteiger partial charge on any atom is 1.00 e. The van der Waals surface area contributed by atoms with E-state index in [-0.39, 0.29) is 25.0 Å². The fraction of sp³-hybridized carbons (Fsp3) is 0.857. The van der Waals surface area contributed by atoms with Gasteiger partial charge >= 0.3 is 18.9 Å². The third-order valence-corrected chi connectivity index (χ3v) is 8.97. The number of ether oxygens (including phenoxy) is 1. The van der Waals surface area contributed by atoms with Gasteiger partial charge in [-0.1, -0.05) is 142 Å². The molecule has 0 bridgehead atoms. The van der Waals surface area contributed by atoms with Crippen molar-refractivity contribution in [2.75, 3.05) is 26.8 Å². The summed E-state index contributed by atoms with van der Waals surface area (Å²) in [6.45, 7) is 41.0. The van der Waals surface area contributed by atoms with E-state index in [1.807, 2.05) is 32.0 Å². The minimum Gasteiger partial charge on any atom is -0.657 e. The summed E-state index contributed by atoms with van der Waals surface area (Å²) in [6.07, 6.45) is 4.61. The van der Waals surface area contributed by atoms with Crippen LogP contribution < -0.4 is 23.6 Å². The second-order valence-corrected chi connectivity index (χ2v) is 15.5. The fourth-order valence-corrected chi connectivity index (χ4v) is 2.89. The molecular formula is C42H87LiN2O3. The van der Waals surface area contributed by atoms with Gasteiger partial charge in [0, 0.05) is 6.04 Å². The van der Waals surface area contributed by atoms with Gasteiger partial charge in [0.15, 0.2) is 0 Å². The summed E-state index contributed by atoms with van der Waals surface area (Å²) in [5.41, 5.74) is 1.21. The third kappa shape index (κ3) is 39.9. The molecule has 284 valence electrons. The van der Waals surface area contributed by atoms with E-state index in [9.17, 15) is 0 Å². The van der Waals surface area contributed by atoms with Gasteiger partial charge in [-0.25, -0.2) is 0 Å². The maximum absolute atomic E-state index is 8.69. The van der Waals surface area contributed by atoms with Crippen LogP contribution in [-0.4, -0.2) is 66.1 Å². The predicted octanol–water partition coefficient (Wildman–Crippen LogP) is 8.68. The molecule has 5 nitrogen and oxygen atoms in total. The van der Waals surface area contributed by atoms with E-state index in [2.05, 4.69) is 127 Å². The van der Waals surface area contributed by atoms with Gasteiger partial charge in [0.25, 0.3) is 0 Å². The molecule has 1 saturated heterocycles. The zero-order valence-corrected chi connectivity index (χ0v) is 36.2. The number of para-hydroxylation sites is 1. The van der Waals surface area contributed by atoms with Gasteiger partial charge in [0.2, 0.25) is 0 Å². The van der Waals surface area contributed by atoms with E-state index in [1.54, 1.807) is 6.92 Å². The normalized spacial score (nSPS) is 15.8.